The first-order valence-electron chi connectivity index (χ1n) is 5.24. The molecule has 0 spiro atoms. The topological polar surface area (TPSA) is 26.0 Å². The standard InChI is InChI=1S/C13H8ClF4N/c14-10-5-11(17)9(4-12(10)18)13(19)6-1-7(15)3-8(16)2-6/h1-5,13H,19H2. The zero-order valence-electron chi connectivity index (χ0n) is 9.43. The van der Waals surface area contributed by atoms with E-state index in [1.807, 2.05) is 0 Å². The van der Waals surface area contributed by atoms with Gasteiger partial charge in [0.25, 0.3) is 0 Å². The molecule has 0 aliphatic rings. The molecule has 0 radical (unpaired) electrons. The van der Waals surface area contributed by atoms with Gasteiger partial charge in [-0.3, -0.25) is 0 Å². The summed E-state index contributed by atoms with van der Waals surface area (Å²) in [6, 6.07) is 2.96. The normalized spacial score (nSPS) is 12.5. The van der Waals surface area contributed by atoms with Gasteiger partial charge in [0, 0.05) is 11.6 Å². The van der Waals surface area contributed by atoms with Crippen LogP contribution in [0.15, 0.2) is 30.3 Å². The molecule has 0 saturated carbocycles. The van der Waals surface area contributed by atoms with Gasteiger partial charge in [0.15, 0.2) is 0 Å². The van der Waals surface area contributed by atoms with Gasteiger partial charge in [-0.2, -0.15) is 0 Å². The highest BCUT2D eigenvalue weighted by Crippen LogP contribution is 2.27. The Morgan fingerprint density at radius 3 is 2.00 bits per heavy atom. The van der Waals surface area contributed by atoms with E-state index in [4.69, 9.17) is 17.3 Å². The summed E-state index contributed by atoms with van der Waals surface area (Å²) in [6.45, 7) is 0. The second kappa shape index (κ2) is 5.19. The van der Waals surface area contributed by atoms with E-state index in [2.05, 4.69) is 0 Å². The molecule has 100 valence electrons. The van der Waals surface area contributed by atoms with Crippen LogP contribution in [0, 0.1) is 23.3 Å². The first-order valence-corrected chi connectivity index (χ1v) is 5.62. The molecule has 2 rings (SSSR count). The van der Waals surface area contributed by atoms with Crippen LogP contribution in [0.3, 0.4) is 0 Å². The number of hydrogen-bond donors (Lipinski definition) is 1. The van der Waals surface area contributed by atoms with Gasteiger partial charge < -0.3 is 5.73 Å². The molecule has 19 heavy (non-hydrogen) atoms. The maximum absolute atomic E-state index is 13.6. The quantitative estimate of drug-likeness (QED) is 0.657. The van der Waals surface area contributed by atoms with E-state index in [0.29, 0.717) is 6.07 Å². The third-order valence-corrected chi connectivity index (χ3v) is 2.91. The van der Waals surface area contributed by atoms with Crippen molar-refractivity contribution < 1.29 is 17.6 Å². The summed E-state index contributed by atoms with van der Waals surface area (Å²) < 4.78 is 53.1. The van der Waals surface area contributed by atoms with Crippen LogP contribution in [-0.4, -0.2) is 0 Å². The van der Waals surface area contributed by atoms with Crippen LogP contribution in [0.4, 0.5) is 17.6 Å². The Bertz CT molecular complexity index is 610. The highest BCUT2D eigenvalue weighted by atomic mass is 35.5. The molecule has 2 N–H and O–H groups in total. The zero-order chi connectivity index (χ0) is 14.2. The van der Waals surface area contributed by atoms with Crippen molar-refractivity contribution in [3.05, 3.63) is 69.8 Å². The minimum absolute atomic E-state index is 0.00174. The Hall–Kier alpha value is -1.59. The molecule has 0 aliphatic carbocycles. The molecule has 0 heterocycles. The van der Waals surface area contributed by atoms with Crippen molar-refractivity contribution >= 4 is 11.6 Å². The van der Waals surface area contributed by atoms with Crippen molar-refractivity contribution in [1.82, 2.24) is 0 Å². The van der Waals surface area contributed by atoms with Gasteiger partial charge in [-0.1, -0.05) is 11.6 Å². The molecular weight excluding hydrogens is 282 g/mol. The molecule has 0 fully saturated rings. The highest BCUT2D eigenvalue weighted by Gasteiger charge is 2.18. The number of hydrogen-bond acceptors (Lipinski definition) is 1. The Kier molecular flexibility index (Phi) is 3.78. The lowest BCUT2D eigenvalue weighted by molar-refractivity contribution is 0.565. The lowest BCUT2D eigenvalue weighted by Crippen LogP contribution is -2.14. The lowest BCUT2D eigenvalue weighted by atomic mass is 9.99. The molecule has 0 aromatic heterocycles. The molecular formula is C13H8ClF4N. The zero-order valence-corrected chi connectivity index (χ0v) is 10.2. The molecule has 0 bridgehead atoms. The van der Waals surface area contributed by atoms with Crippen molar-refractivity contribution in [3.8, 4) is 0 Å². The van der Waals surface area contributed by atoms with Gasteiger partial charge in [0.05, 0.1) is 11.1 Å². The third-order valence-electron chi connectivity index (χ3n) is 2.62. The predicted octanol–water partition coefficient (Wildman–Crippen LogP) is 3.94. The average Bonchev–Trinajstić information content (AvgIpc) is 2.31. The van der Waals surface area contributed by atoms with E-state index in [1.165, 1.54) is 0 Å². The fourth-order valence-corrected chi connectivity index (χ4v) is 1.86. The summed E-state index contributed by atoms with van der Waals surface area (Å²) >= 11 is 5.41. The first kappa shape index (κ1) is 13.8. The van der Waals surface area contributed by atoms with Crippen LogP contribution in [0.2, 0.25) is 5.02 Å². The van der Waals surface area contributed by atoms with Gasteiger partial charge >= 0.3 is 0 Å². The minimum Gasteiger partial charge on any atom is -0.320 e. The summed E-state index contributed by atoms with van der Waals surface area (Å²) in [5.74, 6) is -3.39. The number of halogens is 5. The van der Waals surface area contributed by atoms with Gasteiger partial charge in [-0.05, 0) is 29.8 Å². The Labute approximate surface area is 111 Å². The van der Waals surface area contributed by atoms with Crippen LogP contribution in [0.1, 0.15) is 17.2 Å². The number of benzene rings is 2. The maximum Gasteiger partial charge on any atom is 0.142 e. The predicted molar refractivity (Wildman–Crippen MR) is 63.8 cm³/mol. The van der Waals surface area contributed by atoms with E-state index in [-0.39, 0.29) is 16.1 Å². The van der Waals surface area contributed by atoms with Gasteiger partial charge in [-0.15, -0.1) is 0 Å². The minimum atomic E-state index is -1.20. The Balaban J connectivity index is 2.49. The van der Waals surface area contributed by atoms with Crippen LogP contribution in [-0.2, 0) is 0 Å². The maximum atomic E-state index is 13.6. The molecule has 0 saturated heterocycles. The molecule has 0 amide bonds. The molecule has 1 nitrogen and oxygen atoms in total. The molecule has 6 heteroatoms. The van der Waals surface area contributed by atoms with Gasteiger partial charge in [0.1, 0.15) is 23.3 Å². The average molecular weight is 290 g/mol. The van der Waals surface area contributed by atoms with Crippen LogP contribution in [0.5, 0.6) is 0 Å². The van der Waals surface area contributed by atoms with Crippen LogP contribution >= 0.6 is 11.6 Å². The van der Waals surface area contributed by atoms with Crippen LogP contribution in [0.25, 0.3) is 0 Å². The van der Waals surface area contributed by atoms with Crippen molar-refractivity contribution in [2.75, 3.05) is 0 Å². The van der Waals surface area contributed by atoms with Crippen molar-refractivity contribution in [1.29, 1.82) is 0 Å². The molecule has 0 aliphatic heterocycles. The summed E-state index contributed by atoms with van der Waals surface area (Å²) in [5.41, 5.74) is 5.46. The fourth-order valence-electron chi connectivity index (χ4n) is 1.71. The fraction of sp³-hybridized carbons (Fsp3) is 0.0769. The van der Waals surface area contributed by atoms with E-state index in [0.717, 1.165) is 24.3 Å². The lowest BCUT2D eigenvalue weighted by Gasteiger charge is -2.14. The highest BCUT2D eigenvalue weighted by molar-refractivity contribution is 6.30. The molecule has 2 aromatic rings. The van der Waals surface area contributed by atoms with Gasteiger partial charge in [-0.25, -0.2) is 17.6 Å². The van der Waals surface area contributed by atoms with E-state index < -0.39 is 29.3 Å². The summed E-state index contributed by atoms with van der Waals surface area (Å²) in [5, 5.41) is -0.390. The van der Waals surface area contributed by atoms with E-state index >= 15 is 0 Å². The Morgan fingerprint density at radius 2 is 1.42 bits per heavy atom. The van der Waals surface area contributed by atoms with E-state index in [9.17, 15) is 17.6 Å². The second-order valence-corrected chi connectivity index (χ2v) is 4.38. The number of rotatable bonds is 2. The largest absolute Gasteiger partial charge is 0.320 e. The monoisotopic (exact) mass is 289 g/mol. The molecule has 1 unspecified atom stereocenters. The molecule has 1 atom stereocenters. The summed E-state index contributed by atoms with van der Waals surface area (Å²) in [6.07, 6.45) is 0. The first-order chi connectivity index (χ1) is 8.88. The van der Waals surface area contributed by atoms with Crippen LogP contribution < -0.4 is 5.73 Å². The van der Waals surface area contributed by atoms with E-state index in [1.54, 1.807) is 0 Å². The Morgan fingerprint density at radius 1 is 0.842 bits per heavy atom. The second-order valence-electron chi connectivity index (χ2n) is 3.97. The van der Waals surface area contributed by atoms with Crippen molar-refractivity contribution in [3.63, 3.8) is 0 Å². The number of nitrogens with two attached hydrogens (primary N) is 1. The van der Waals surface area contributed by atoms with Crippen molar-refractivity contribution in [2.24, 2.45) is 5.73 Å². The third kappa shape index (κ3) is 2.88. The smallest absolute Gasteiger partial charge is 0.142 e. The molecule has 2 aromatic carbocycles. The summed E-state index contributed by atoms with van der Waals surface area (Å²) in [4.78, 5) is 0. The van der Waals surface area contributed by atoms with Gasteiger partial charge in [0.2, 0.25) is 0 Å². The SMILES string of the molecule is NC(c1cc(F)cc(F)c1)c1cc(F)c(Cl)cc1F. The summed E-state index contributed by atoms with van der Waals surface area (Å²) in [7, 11) is 0. The van der Waals surface area contributed by atoms with Crippen molar-refractivity contribution in [2.45, 2.75) is 6.04 Å².